The number of hydrogen-bond donors (Lipinski definition) is 1. The van der Waals surface area contributed by atoms with Crippen molar-refractivity contribution in [3.8, 4) is 5.75 Å². The predicted molar refractivity (Wildman–Crippen MR) is 70.2 cm³/mol. The molecule has 0 bridgehead atoms. The molecule has 4 heteroatoms. The Morgan fingerprint density at radius 2 is 2.28 bits per heavy atom. The first-order valence-electron chi connectivity index (χ1n) is 6.42. The summed E-state index contributed by atoms with van der Waals surface area (Å²) in [5.74, 6) is -0.131. The Morgan fingerprint density at radius 3 is 3.00 bits per heavy atom. The first-order chi connectivity index (χ1) is 8.72. The smallest absolute Gasteiger partial charge is 0.308 e. The Balaban J connectivity index is 2.17. The number of hydrogen-bond acceptors (Lipinski definition) is 3. The van der Waals surface area contributed by atoms with Gasteiger partial charge in [-0.25, -0.2) is 0 Å². The lowest BCUT2D eigenvalue weighted by Gasteiger charge is -2.33. The SMILES string of the molecule is CCOc1ccccc1N1CCCC(C(=O)O)C1. The van der Waals surface area contributed by atoms with Crippen LogP contribution in [0.2, 0.25) is 0 Å². The fourth-order valence-corrected chi connectivity index (χ4v) is 2.39. The summed E-state index contributed by atoms with van der Waals surface area (Å²) < 4.78 is 5.60. The van der Waals surface area contributed by atoms with E-state index in [9.17, 15) is 4.79 Å². The molecule has 0 spiro atoms. The molecule has 2 rings (SSSR count). The molecule has 1 aromatic rings. The van der Waals surface area contributed by atoms with E-state index in [1.807, 2.05) is 31.2 Å². The Labute approximate surface area is 107 Å². The Morgan fingerprint density at radius 1 is 1.50 bits per heavy atom. The monoisotopic (exact) mass is 249 g/mol. The molecule has 0 aliphatic carbocycles. The van der Waals surface area contributed by atoms with E-state index in [4.69, 9.17) is 9.84 Å². The Hall–Kier alpha value is -1.71. The van der Waals surface area contributed by atoms with E-state index >= 15 is 0 Å². The maximum absolute atomic E-state index is 11.1. The van der Waals surface area contributed by atoms with Crippen molar-refractivity contribution in [2.75, 3.05) is 24.6 Å². The van der Waals surface area contributed by atoms with Gasteiger partial charge in [-0.2, -0.15) is 0 Å². The van der Waals surface area contributed by atoms with Crippen molar-refractivity contribution in [2.45, 2.75) is 19.8 Å². The van der Waals surface area contributed by atoms with Crippen LogP contribution in [0, 0.1) is 5.92 Å². The molecule has 0 amide bonds. The van der Waals surface area contributed by atoms with Crippen LogP contribution in [-0.4, -0.2) is 30.8 Å². The maximum atomic E-state index is 11.1. The summed E-state index contributed by atoms with van der Waals surface area (Å²) in [4.78, 5) is 13.2. The molecule has 98 valence electrons. The second kappa shape index (κ2) is 5.76. The second-order valence-electron chi connectivity index (χ2n) is 4.52. The third-order valence-electron chi connectivity index (χ3n) is 3.28. The van der Waals surface area contributed by atoms with Crippen LogP contribution in [0.3, 0.4) is 0 Å². The van der Waals surface area contributed by atoms with Crippen molar-refractivity contribution in [2.24, 2.45) is 5.92 Å². The minimum atomic E-state index is -0.700. The lowest BCUT2D eigenvalue weighted by atomic mass is 9.98. The summed E-state index contributed by atoms with van der Waals surface area (Å²) in [7, 11) is 0. The second-order valence-corrected chi connectivity index (χ2v) is 4.52. The molecule has 18 heavy (non-hydrogen) atoms. The molecule has 0 saturated carbocycles. The number of aliphatic carboxylic acids is 1. The standard InChI is InChI=1S/C14H19NO3/c1-2-18-13-8-4-3-7-12(13)15-9-5-6-11(10-15)14(16)17/h3-4,7-8,11H,2,5-6,9-10H2,1H3,(H,16,17). The van der Waals surface area contributed by atoms with Gasteiger partial charge in [-0.3, -0.25) is 4.79 Å². The van der Waals surface area contributed by atoms with Crippen molar-refractivity contribution in [1.29, 1.82) is 0 Å². The molecule has 1 aliphatic heterocycles. The minimum Gasteiger partial charge on any atom is -0.492 e. The Kier molecular flexibility index (Phi) is 4.07. The fourth-order valence-electron chi connectivity index (χ4n) is 2.39. The number of anilines is 1. The highest BCUT2D eigenvalue weighted by Crippen LogP contribution is 2.31. The zero-order valence-electron chi connectivity index (χ0n) is 10.6. The number of para-hydroxylation sites is 2. The number of rotatable bonds is 4. The lowest BCUT2D eigenvalue weighted by Crippen LogP contribution is -2.38. The zero-order chi connectivity index (χ0) is 13.0. The summed E-state index contributed by atoms with van der Waals surface area (Å²) in [6, 6.07) is 7.83. The van der Waals surface area contributed by atoms with Gasteiger partial charge in [0.15, 0.2) is 0 Å². The highest BCUT2D eigenvalue weighted by molar-refractivity contribution is 5.72. The average molecular weight is 249 g/mol. The van der Waals surface area contributed by atoms with Crippen LogP contribution in [0.25, 0.3) is 0 Å². The normalized spacial score (nSPS) is 19.6. The third-order valence-corrected chi connectivity index (χ3v) is 3.28. The number of piperidine rings is 1. The van der Waals surface area contributed by atoms with Crippen LogP contribution in [0.5, 0.6) is 5.75 Å². The van der Waals surface area contributed by atoms with Gasteiger partial charge in [-0.15, -0.1) is 0 Å². The summed E-state index contributed by atoms with van der Waals surface area (Å²) in [5, 5.41) is 9.12. The first-order valence-corrected chi connectivity index (χ1v) is 6.42. The van der Waals surface area contributed by atoms with Crippen LogP contribution >= 0.6 is 0 Å². The number of benzene rings is 1. The lowest BCUT2D eigenvalue weighted by molar-refractivity contribution is -0.141. The average Bonchev–Trinajstić information content (AvgIpc) is 2.40. The van der Waals surface area contributed by atoms with Crippen LogP contribution in [-0.2, 0) is 4.79 Å². The van der Waals surface area contributed by atoms with E-state index in [-0.39, 0.29) is 5.92 Å². The highest BCUT2D eigenvalue weighted by Gasteiger charge is 2.26. The van der Waals surface area contributed by atoms with E-state index < -0.39 is 5.97 Å². The number of ether oxygens (including phenoxy) is 1. The van der Waals surface area contributed by atoms with E-state index in [0.29, 0.717) is 13.2 Å². The molecule has 1 aromatic carbocycles. The highest BCUT2D eigenvalue weighted by atomic mass is 16.5. The summed E-state index contributed by atoms with van der Waals surface area (Å²) >= 11 is 0. The molecular formula is C14H19NO3. The van der Waals surface area contributed by atoms with Gasteiger partial charge in [0.25, 0.3) is 0 Å². The molecule has 1 heterocycles. The fraction of sp³-hybridized carbons (Fsp3) is 0.500. The van der Waals surface area contributed by atoms with Crippen molar-refractivity contribution in [3.05, 3.63) is 24.3 Å². The van der Waals surface area contributed by atoms with E-state index in [1.165, 1.54) is 0 Å². The van der Waals surface area contributed by atoms with Gasteiger partial charge in [-0.05, 0) is 31.9 Å². The molecule has 4 nitrogen and oxygen atoms in total. The number of carboxylic acids is 1. The summed E-state index contributed by atoms with van der Waals surface area (Å²) in [5.41, 5.74) is 1.00. The molecule has 1 N–H and O–H groups in total. The molecule has 1 fully saturated rings. The van der Waals surface area contributed by atoms with Gasteiger partial charge >= 0.3 is 5.97 Å². The van der Waals surface area contributed by atoms with Crippen molar-refractivity contribution >= 4 is 11.7 Å². The van der Waals surface area contributed by atoms with Crippen molar-refractivity contribution in [1.82, 2.24) is 0 Å². The quantitative estimate of drug-likeness (QED) is 0.890. The molecule has 1 aliphatic rings. The van der Waals surface area contributed by atoms with E-state index in [0.717, 1.165) is 30.8 Å². The van der Waals surface area contributed by atoms with Gasteiger partial charge in [-0.1, -0.05) is 12.1 Å². The van der Waals surface area contributed by atoms with Crippen LogP contribution in [0.4, 0.5) is 5.69 Å². The van der Waals surface area contributed by atoms with Crippen LogP contribution in [0.15, 0.2) is 24.3 Å². The largest absolute Gasteiger partial charge is 0.492 e. The third kappa shape index (κ3) is 2.75. The maximum Gasteiger partial charge on any atom is 0.308 e. The molecule has 0 radical (unpaired) electrons. The topological polar surface area (TPSA) is 49.8 Å². The first kappa shape index (κ1) is 12.7. The van der Waals surface area contributed by atoms with Crippen molar-refractivity contribution < 1.29 is 14.6 Å². The molecule has 1 unspecified atom stereocenters. The predicted octanol–water partition coefficient (Wildman–Crippen LogP) is 2.39. The summed E-state index contributed by atoms with van der Waals surface area (Å²) in [6.45, 7) is 4.04. The molecule has 1 saturated heterocycles. The number of carbonyl (C=O) groups is 1. The minimum absolute atomic E-state index is 0.270. The Bertz CT molecular complexity index is 419. The zero-order valence-corrected chi connectivity index (χ0v) is 10.6. The molecule has 1 atom stereocenters. The molecular weight excluding hydrogens is 230 g/mol. The van der Waals surface area contributed by atoms with E-state index in [1.54, 1.807) is 0 Å². The van der Waals surface area contributed by atoms with Gasteiger partial charge < -0.3 is 14.7 Å². The van der Waals surface area contributed by atoms with E-state index in [2.05, 4.69) is 4.90 Å². The van der Waals surface area contributed by atoms with Crippen LogP contribution < -0.4 is 9.64 Å². The van der Waals surface area contributed by atoms with Gasteiger partial charge in [0, 0.05) is 13.1 Å². The number of nitrogens with zero attached hydrogens (tertiary/aromatic N) is 1. The number of carboxylic acid groups (broad SMARTS) is 1. The molecule has 0 aromatic heterocycles. The summed E-state index contributed by atoms with van der Waals surface area (Å²) in [6.07, 6.45) is 1.68. The van der Waals surface area contributed by atoms with Gasteiger partial charge in [0.05, 0.1) is 18.2 Å². The van der Waals surface area contributed by atoms with Crippen molar-refractivity contribution in [3.63, 3.8) is 0 Å². The van der Waals surface area contributed by atoms with Gasteiger partial charge in [0.2, 0.25) is 0 Å². The van der Waals surface area contributed by atoms with Crippen LogP contribution in [0.1, 0.15) is 19.8 Å². The van der Waals surface area contributed by atoms with Gasteiger partial charge in [0.1, 0.15) is 5.75 Å².